The van der Waals surface area contributed by atoms with E-state index in [4.69, 9.17) is 6.42 Å². The highest BCUT2D eigenvalue weighted by Gasteiger charge is 2.08. The summed E-state index contributed by atoms with van der Waals surface area (Å²) in [5.74, 6) is 2.13. The van der Waals surface area contributed by atoms with E-state index in [2.05, 4.69) is 15.9 Å². The normalized spacial score (nSPS) is 9.92. The molecule has 0 unspecified atom stereocenters. The molecule has 0 aliphatic carbocycles. The van der Waals surface area contributed by atoms with Crippen molar-refractivity contribution in [3.8, 4) is 12.3 Å². The largest absolute Gasteiger partial charge is 0.226 e. The summed E-state index contributed by atoms with van der Waals surface area (Å²) >= 11 is 0. The number of aromatic nitrogens is 2. The van der Waals surface area contributed by atoms with Gasteiger partial charge in [-0.2, -0.15) is 0 Å². The lowest BCUT2D eigenvalue weighted by Gasteiger charge is -2.04. The average Bonchev–Trinajstić information content (AvgIpc) is 2.05. The fraction of sp³-hybridized carbons (Fsp3) is 0.333. The van der Waals surface area contributed by atoms with E-state index in [0.717, 1.165) is 6.20 Å². The quantitative estimate of drug-likeness (QED) is 0.590. The van der Waals surface area contributed by atoms with Crippen LogP contribution in [0.5, 0.6) is 0 Å². The highest BCUT2D eigenvalue weighted by Crippen LogP contribution is 2.14. The lowest BCUT2D eigenvalue weighted by molar-refractivity contribution is 0.575. The van der Waals surface area contributed by atoms with Crippen LogP contribution in [0.2, 0.25) is 0 Å². The van der Waals surface area contributed by atoms with Crippen molar-refractivity contribution >= 4 is 0 Å². The minimum absolute atomic E-state index is 0.0279. The van der Waals surface area contributed by atoms with Crippen LogP contribution < -0.4 is 0 Å². The molecular formula is C9H9FN2. The molecule has 0 saturated heterocycles. The zero-order valence-corrected chi connectivity index (χ0v) is 7.00. The summed E-state index contributed by atoms with van der Waals surface area (Å²) in [6.45, 7) is 3.71. The molecule has 3 heteroatoms. The van der Waals surface area contributed by atoms with Gasteiger partial charge in [0.05, 0.1) is 11.9 Å². The summed E-state index contributed by atoms with van der Waals surface area (Å²) < 4.78 is 13.0. The smallest absolute Gasteiger partial charge is 0.205 e. The molecule has 0 fully saturated rings. The summed E-state index contributed by atoms with van der Waals surface area (Å²) in [5.41, 5.74) is 0.373. The predicted molar refractivity (Wildman–Crippen MR) is 44.0 cm³/mol. The van der Waals surface area contributed by atoms with E-state index in [1.807, 2.05) is 13.8 Å². The predicted octanol–water partition coefficient (Wildman–Crippen LogP) is 1.72. The molecule has 0 saturated carbocycles. The Balaban J connectivity index is 3.19. The third-order valence-corrected chi connectivity index (χ3v) is 1.45. The van der Waals surface area contributed by atoms with Crippen LogP contribution in [0.3, 0.4) is 0 Å². The number of terminal acetylenes is 1. The monoisotopic (exact) mass is 164 g/mol. The number of halogens is 1. The SMILES string of the molecule is C#Cc1ncc(F)c(C(C)C)n1. The van der Waals surface area contributed by atoms with Gasteiger partial charge in [0.1, 0.15) is 0 Å². The molecule has 0 N–H and O–H groups in total. The standard InChI is InChI=1S/C9H9FN2/c1-4-8-11-5-7(10)9(12-8)6(2)3/h1,5-6H,2-3H3. The van der Waals surface area contributed by atoms with Crippen LogP contribution in [0.1, 0.15) is 31.3 Å². The minimum Gasteiger partial charge on any atom is -0.226 e. The number of hydrogen-bond acceptors (Lipinski definition) is 2. The maximum absolute atomic E-state index is 13.0. The van der Waals surface area contributed by atoms with E-state index in [1.165, 1.54) is 0 Å². The van der Waals surface area contributed by atoms with Gasteiger partial charge in [-0.3, -0.25) is 0 Å². The van der Waals surface area contributed by atoms with Gasteiger partial charge in [0.15, 0.2) is 5.82 Å². The average molecular weight is 164 g/mol. The Hall–Kier alpha value is -1.43. The van der Waals surface area contributed by atoms with Crippen molar-refractivity contribution in [3.63, 3.8) is 0 Å². The Bertz CT molecular complexity index is 326. The molecule has 1 aromatic rings. The molecule has 0 radical (unpaired) electrons. The van der Waals surface area contributed by atoms with Crippen molar-refractivity contribution in [2.45, 2.75) is 19.8 Å². The second kappa shape index (κ2) is 3.31. The zero-order chi connectivity index (χ0) is 9.14. The summed E-state index contributed by atoms with van der Waals surface area (Å²) in [7, 11) is 0. The Labute approximate surface area is 70.9 Å². The lowest BCUT2D eigenvalue weighted by Crippen LogP contribution is -2.01. The number of rotatable bonds is 1. The van der Waals surface area contributed by atoms with Crippen LogP contribution in [0.15, 0.2) is 6.20 Å². The van der Waals surface area contributed by atoms with Gasteiger partial charge in [-0.15, -0.1) is 6.42 Å². The lowest BCUT2D eigenvalue weighted by atomic mass is 10.1. The Morgan fingerprint density at radius 2 is 2.25 bits per heavy atom. The van der Waals surface area contributed by atoms with E-state index in [0.29, 0.717) is 5.69 Å². The molecule has 0 spiro atoms. The third kappa shape index (κ3) is 1.59. The van der Waals surface area contributed by atoms with E-state index < -0.39 is 5.82 Å². The van der Waals surface area contributed by atoms with Gasteiger partial charge in [0.2, 0.25) is 5.82 Å². The summed E-state index contributed by atoms with van der Waals surface area (Å²) in [4.78, 5) is 7.49. The maximum atomic E-state index is 13.0. The molecule has 12 heavy (non-hydrogen) atoms. The van der Waals surface area contributed by atoms with Gasteiger partial charge >= 0.3 is 0 Å². The van der Waals surface area contributed by atoms with E-state index in [9.17, 15) is 4.39 Å². The van der Waals surface area contributed by atoms with Gasteiger partial charge in [-0.25, -0.2) is 14.4 Å². The third-order valence-electron chi connectivity index (χ3n) is 1.45. The first-order chi connectivity index (χ1) is 5.65. The number of nitrogens with zero attached hydrogens (tertiary/aromatic N) is 2. The molecule has 0 amide bonds. The molecule has 2 nitrogen and oxygen atoms in total. The highest BCUT2D eigenvalue weighted by atomic mass is 19.1. The Kier molecular flexibility index (Phi) is 2.39. The van der Waals surface area contributed by atoms with Gasteiger partial charge in [-0.05, 0) is 11.8 Å². The highest BCUT2D eigenvalue weighted by molar-refractivity contribution is 5.19. The Morgan fingerprint density at radius 1 is 1.58 bits per heavy atom. The Morgan fingerprint density at radius 3 is 2.75 bits per heavy atom. The first kappa shape index (κ1) is 8.66. The van der Waals surface area contributed by atoms with Crippen LogP contribution in [0.25, 0.3) is 0 Å². The molecule has 1 aromatic heterocycles. The summed E-state index contributed by atoms with van der Waals surface area (Å²) in [6, 6.07) is 0. The first-order valence-corrected chi connectivity index (χ1v) is 3.64. The molecule has 1 heterocycles. The fourth-order valence-electron chi connectivity index (χ4n) is 0.855. The first-order valence-electron chi connectivity index (χ1n) is 3.64. The van der Waals surface area contributed by atoms with Crippen molar-refractivity contribution in [2.24, 2.45) is 0 Å². The van der Waals surface area contributed by atoms with Crippen LogP contribution in [0.4, 0.5) is 4.39 Å². The molecule has 0 atom stereocenters. The van der Waals surface area contributed by atoms with E-state index in [1.54, 1.807) is 0 Å². The van der Waals surface area contributed by atoms with Gasteiger partial charge in [-0.1, -0.05) is 13.8 Å². The maximum Gasteiger partial charge on any atom is 0.205 e. The van der Waals surface area contributed by atoms with Crippen LogP contribution in [-0.2, 0) is 0 Å². The molecule has 0 aliphatic heterocycles. The number of hydrogen-bond donors (Lipinski definition) is 0. The van der Waals surface area contributed by atoms with Crippen molar-refractivity contribution in [1.82, 2.24) is 9.97 Å². The summed E-state index contributed by atoms with van der Waals surface area (Å²) in [6.07, 6.45) is 6.18. The molecular weight excluding hydrogens is 155 g/mol. The molecule has 0 aromatic carbocycles. The van der Waals surface area contributed by atoms with Crippen molar-refractivity contribution < 1.29 is 4.39 Å². The second-order valence-electron chi connectivity index (χ2n) is 2.73. The minimum atomic E-state index is -0.399. The molecule has 0 aliphatic rings. The van der Waals surface area contributed by atoms with Crippen molar-refractivity contribution in [1.29, 1.82) is 0 Å². The van der Waals surface area contributed by atoms with Gasteiger partial charge in [0.25, 0.3) is 0 Å². The van der Waals surface area contributed by atoms with E-state index in [-0.39, 0.29) is 11.7 Å². The zero-order valence-electron chi connectivity index (χ0n) is 7.00. The molecule has 62 valence electrons. The molecule has 0 bridgehead atoms. The topological polar surface area (TPSA) is 25.8 Å². The van der Waals surface area contributed by atoms with Crippen molar-refractivity contribution in [3.05, 3.63) is 23.5 Å². The second-order valence-corrected chi connectivity index (χ2v) is 2.73. The van der Waals surface area contributed by atoms with E-state index >= 15 is 0 Å². The van der Waals surface area contributed by atoms with Crippen LogP contribution in [-0.4, -0.2) is 9.97 Å². The van der Waals surface area contributed by atoms with Crippen LogP contribution in [0, 0.1) is 18.2 Å². The van der Waals surface area contributed by atoms with Crippen LogP contribution >= 0.6 is 0 Å². The van der Waals surface area contributed by atoms with Crippen molar-refractivity contribution in [2.75, 3.05) is 0 Å². The fourth-order valence-corrected chi connectivity index (χ4v) is 0.855. The van der Waals surface area contributed by atoms with Gasteiger partial charge < -0.3 is 0 Å². The summed E-state index contributed by atoms with van der Waals surface area (Å²) in [5, 5.41) is 0. The molecule has 1 rings (SSSR count). The van der Waals surface area contributed by atoms with Gasteiger partial charge in [0, 0.05) is 0 Å².